The van der Waals surface area contributed by atoms with Crippen molar-refractivity contribution in [3.63, 3.8) is 0 Å². The lowest BCUT2D eigenvalue weighted by molar-refractivity contribution is -0.129. The van der Waals surface area contributed by atoms with Crippen molar-refractivity contribution in [1.82, 2.24) is 0 Å². The average molecular weight is 314 g/mol. The highest BCUT2D eigenvalue weighted by Crippen LogP contribution is 2.59. The average Bonchev–Trinajstić information content (AvgIpc) is 2.82. The van der Waals surface area contributed by atoms with E-state index in [4.69, 9.17) is 0 Å². The van der Waals surface area contributed by atoms with Gasteiger partial charge in [0.1, 0.15) is 17.1 Å². The molecular weight excluding hydrogens is 292 g/mol. The summed E-state index contributed by atoms with van der Waals surface area (Å²) in [5.74, 6) is 0.480. The van der Waals surface area contributed by atoms with Crippen molar-refractivity contribution in [3.05, 3.63) is 28.8 Å². The van der Waals surface area contributed by atoms with E-state index in [0.29, 0.717) is 36.4 Å². The van der Waals surface area contributed by atoms with E-state index in [1.165, 1.54) is 6.07 Å². The Kier molecular flexibility index (Phi) is 3.09. The van der Waals surface area contributed by atoms with E-state index in [9.17, 15) is 19.8 Å². The zero-order valence-corrected chi connectivity index (χ0v) is 13.3. The first-order valence-corrected chi connectivity index (χ1v) is 8.55. The maximum Gasteiger partial charge on any atom is 0.339 e. The first-order chi connectivity index (χ1) is 10.9. The molecule has 0 unspecified atom stereocenters. The lowest BCUT2D eigenvalue weighted by Crippen LogP contribution is -2.42. The van der Waals surface area contributed by atoms with Crippen molar-refractivity contribution in [2.24, 2.45) is 17.3 Å². The molecule has 0 spiro atoms. The normalized spacial score (nSPS) is 35.3. The van der Waals surface area contributed by atoms with Gasteiger partial charge in [-0.25, -0.2) is 4.79 Å². The molecular formula is C19H22O4. The van der Waals surface area contributed by atoms with Crippen LogP contribution in [0.15, 0.2) is 12.1 Å². The van der Waals surface area contributed by atoms with Gasteiger partial charge in [0.25, 0.3) is 0 Å². The summed E-state index contributed by atoms with van der Waals surface area (Å²) in [4.78, 5) is 23.9. The molecule has 0 aromatic heterocycles. The van der Waals surface area contributed by atoms with E-state index in [1.807, 2.05) is 6.07 Å². The van der Waals surface area contributed by atoms with Gasteiger partial charge in [-0.1, -0.05) is 13.0 Å². The minimum absolute atomic E-state index is 0.0804. The summed E-state index contributed by atoms with van der Waals surface area (Å²) in [6.45, 7) is 2.14. The molecule has 4 nitrogen and oxygen atoms in total. The van der Waals surface area contributed by atoms with Crippen LogP contribution < -0.4 is 0 Å². The van der Waals surface area contributed by atoms with Crippen LogP contribution in [0, 0.1) is 17.3 Å². The van der Waals surface area contributed by atoms with E-state index >= 15 is 0 Å². The molecule has 0 saturated heterocycles. The monoisotopic (exact) mass is 314 g/mol. The van der Waals surface area contributed by atoms with Crippen LogP contribution in [0.3, 0.4) is 0 Å². The highest BCUT2D eigenvalue weighted by molar-refractivity contribution is 5.93. The number of carboxylic acids is 1. The third-order valence-electron chi connectivity index (χ3n) is 6.81. The van der Waals surface area contributed by atoms with E-state index in [2.05, 4.69) is 6.92 Å². The number of aromatic carboxylic acids is 1. The van der Waals surface area contributed by atoms with Crippen molar-refractivity contribution in [2.75, 3.05) is 0 Å². The predicted octanol–water partition coefficient (Wildman–Crippen LogP) is 3.52. The molecule has 2 fully saturated rings. The molecule has 1 aromatic rings. The second kappa shape index (κ2) is 4.83. The van der Waals surface area contributed by atoms with Gasteiger partial charge < -0.3 is 10.2 Å². The van der Waals surface area contributed by atoms with Gasteiger partial charge in [0.2, 0.25) is 0 Å². The van der Waals surface area contributed by atoms with Crippen molar-refractivity contribution in [3.8, 4) is 5.75 Å². The highest BCUT2D eigenvalue weighted by atomic mass is 16.4. The van der Waals surface area contributed by atoms with Crippen LogP contribution >= 0.6 is 0 Å². The predicted molar refractivity (Wildman–Crippen MR) is 84.7 cm³/mol. The first kappa shape index (κ1) is 14.7. The van der Waals surface area contributed by atoms with Gasteiger partial charge in [0.15, 0.2) is 0 Å². The van der Waals surface area contributed by atoms with E-state index < -0.39 is 5.97 Å². The molecule has 1 aromatic carbocycles. The minimum atomic E-state index is -1.05. The van der Waals surface area contributed by atoms with E-state index in [0.717, 1.165) is 36.8 Å². The van der Waals surface area contributed by atoms with Crippen molar-refractivity contribution in [1.29, 1.82) is 0 Å². The maximum atomic E-state index is 12.3. The van der Waals surface area contributed by atoms with Crippen LogP contribution in [0.2, 0.25) is 0 Å². The van der Waals surface area contributed by atoms with Crippen molar-refractivity contribution in [2.45, 2.75) is 51.4 Å². The first-order valence-electron chi connectivity index (χ1n) is 8.55. The zero-order chi connectivity index (χ0) is 16.4. The molecule has 0 aliphatic heterocycles. The third-order valence-corrected chi connectivity index (χ3v) is 6.81. The van der Waals surface area contributed by atoms with Crippen LogP contribution in [-0.4, -0.2) is 22.0 Å². The highest BCUT2D eigenvalue weighted by Gasteiger charge is 2.54. The lowest BCUT2D eigenvalue weighted by atomic mass is 9.55. The molecule has 0 bridgehead atoms. The summed E-state index contributed by atoms with van der Waals surface area (Å²) in [5, 5.41) is 19.4. The molecule has 4 rings (SSSR count). The smallest absolute Gasteiger partial charge is 0.339 e. The van der Waals surface area contributed by atoms with Gasteiger partial charge in [0.05, 0.1) is 0 Å². The Morgan fingerprint density at radius 2 is 2.00 bits per heavy atom. The van der Waals surface area contributed by atoms with Gasteiger partial charge in [-0.15, -0.1) is 0 Å². The fourth-order valence-corrected chi connectivity index (χ4v) is 5.67. The molecule has 0 radical (unpaired) electrons. The Bertz CT molecular complexity index is 708. The minimum Gasteiger partial charge on any atom is -0.507 e. The van der Waals surface area contributed by atoms with Crippen LogP contribution in [-0.2, 0) is 11.2 Å². The Hall–Kier alpha value is -1.84. The van der Waals surface area contributed by atoms with Crippen LogP contribution in [0.5, 0.6) is 5.75 Å². The summed E-state index contributed by atoms with van der Waals surface area (Å²) in [7, 11) is 0. The SMILES string of the molecule is C[C@]12CC[C@@H]3c4ccc(O)c(C(=O)O)c4CC[C@H]3[C@@H]1CCC2=O. The third kappa shape index (κ3) is 1.90. The number of hydrogen-bond acceptors (Lipinski definition) is 3. The number of carbonyl (C=O) groups is 2. The van der Waals surface area contributed by atoms with E-state index in [-0.39, 0.29) is 16.7 Å². The van der Waals surface area contributed by atoms with Gasteiger partial charge in [-0.05, 0) is 67.1 Å². The number of ketones is 1. The fourth-order valence-electron chi connectivity index (χ4n) is 5.67. The number of benzene rings is 1. The van der Waals surface area contributed by atoms with Gasteiger partial charge >= 0.3 is 5.97 Å². The largest absolute Gasteiger partial charge is 0.507 e. The number of aromatic hydroxyl groups is 1. The molecule has 122 valence electrons. The summed E-state index contributed by atoms with van der Waals surface area (Å²) < 4.78 is 0. The van der Waals surface area contributed by atoms with Crippen LogP contribution in [0.25, 0.3) is 0 Å². The summed E-state index contributed by atoms with van der Waals surface area (Å²) in [6, 6.07) is 3.44. The molecule has 23 heavy (non-hydrogen) atoms. The van der Waals surface area contributed by atoms with Crippen molar-refractivity contribution >= 4 is 11.8 Å². The second-order valence-electron chi connectivity index (χ2n) is 7.67. The van der Waals surface area contributed by atoms with E-state index in [1.54, 1.807) is 0 Å². The summed E-state index contributed by atoms with van der Waals surface area (Å²) >= 11 is 0. The molecule has 2 N–H and O–H groups in total. The van der Waals surface area contributed by atoms with Gasteiger partial charge in [0, 0.05) is 11.8 Å². The second-order valence-corrected chi connectivity index (χ2v) is 7.67. The fraction of sp³-hybridized carbons (Fsp3) is 0.579. The molecule has 3 aliphatic rings. The quantitative estimate of drug-likeness (QED) is 0.831. The number of fused-ring (bicyclic) bond motifs is 5. The Morgan fingerprint density at radius 1 is 1.22 bits per heavy atom. The number of hydrogen-bond donors (Lipinski definition) is 2. The topological polar surface area (TPSA) is 74.6 Å². The number of carboxylic acid groups (broad SMARTS) is 1. The van der Waals surface area contributed by atoms with Gasteiger partial charge in [-0.2, -0.15) is 0 Å². The molecule has 0 heterocycles. The summed E-state index contributed by atoms with van der Waals surface area (Å²) in [6.07, 6.45) is 5.14. The molecule has 0 amide bonds. The lowest BCUT2D eigenvalue weighted by Gasteiger charge is -2.48. The van der Waals surface area contributed by atoms with Crippen molar-refractivity contribution < 1.29 is 19.8 Å². The summed E-state index contributed by atoms with van der Waals surface area (Å²) in [5.41, 5.74) is 1.83. The maximum absolute atomic E-state index is 12.3. The standard InChI is InChI=1S/C19H22O4/c1-19-9-8-11-10-4-6-15(20)17(18(22)23)13(10)3-2-12(11)14(19)5-7-16(19)21/h4,6,11-12,14,20H,2-3,5,7-9H2,1H3,(H,22,23)/t11-,12-,14+,19+/m1/s1. The Morgan fingerprint density at radius 3 is 2.74 bits per heavy atom. The van der Waals surface area contributed by atoms with Crippen LogP contribution in [0.1, 0.15) is 66.4 Å². The molecule has 2 saturated carbocycles. The Balaban J connectivity index is 1.77. The molecule has 4 atom stereocenters. The van der Waals surface area contributed by atoms with Crippen LogP contribution in [0.4, 0.5) is 0 Å². The molecule has 3 aliphatic carbocycles. The Labute approximate surface area is 135 Å². The van der Waals surface area contributed by atoms with Gasteiger partial charge in [-0.3, -0.25) is 4.79 Å². The number of carbonyl (C=O) groups excluding carboxylic acids is 1. The number of Topliss-reactive ketones (excluding diaryl/α,β-unsaturated/α-hetero) is 1. The number of phenols is 1. The number of rotatable bonds is 1. The zero-order valence-electron chi connectivity index (χ0n) is 13.3. The molecule has 4 heteroatoms.